The summed E-state index contributed by atoms with van der Waals surface area (Å²) in [5.74, 6) is -1.69. The molecule has 0 radical (unpaired) electrons. The molecular formula is C12H15F2N3O. The molecule has 1 atom stereocenters. The minimum atomic E-state index is -0.866. The van der Waals surface area contributed by atoms with E-state index in [1.54, 1.807) is 14.0 Å². The highest BCUT2D eigenvalue weighted by molar-refractivity contribution is 5.78. The number of nitrogens with zero attached hydrogens (tertiary/aromatic N) is 1. The molecule has 1 aliphatic rings. The van der Waals surface area contributed by atoms with Crippen LogP contribution < -0.4 is 11.1 Å². The summed E-state index contributed by atoms with van der Waals surface area (Å²) in [6.45, 7) is 2.01. The molecular weight excluding hydrogens is 240 g/mol. The van der Waals surface area contributed by atoms with Crippen LogP contribution >= 0.6 is 0 Å². The maximum Gasteiger partial charge on any atom is 0.225 e. The lowest BCUT2D eigenvalue weighted by Crippen LogP contribution is -2.54. The fraction of sp³-hybridized carbons (Fsp3) is 0.417. The number of benzene rings is 1. The molecule has 1 aromatic carbocycles. The number of rotatable bonds is 1. The van der Waals surface area contributed by atoms with Crippen LogP contribution in [-0.4, -0.2) is 24.5 Å². The van der Waals surface area contributed by atoms with Gasteiger partial charge in [-0.25, -0.2) is 8.78 Å². The molecule has 1 saturated heterocycles. The fourth-order valence-corrected chi connectivity index (χ4v) is 2.07. The topological polar surface area (TPSA) is 58.4 Å². The Bertz CT molecular complexity index is 506. The zero-order chi connectivity index (χ0) is 13.5. The van der Waals surface area contributed by atoms with Gasteiger partial charge < -0.3 is 10.6 Å². The monoisotopic (exact) mass is 255 g/mol. The normalized spacial score (nSPS) is 24.4. The largest absolute Gasteiger partial charge is 0.394 e. The van der Waals surface area contributed by atoms with E-state index in [2.05, 4.69) is 5.32 Å². The van der Waals surface area contributed by atoms with Crippen molar-refractivity contribution in [3.05, 3.63) is 29.3 Å². The van der Waals surface area contributed by atoms with Crippen molar-refractivity contribution in [1.29, 1.82) is 0 Å². The Labute approximate surface area is 104 Å². The van der Waals surface area contributed by atoms with Crippen molar-refractivity contribution >= 4 is 11.6 Å². The second-order valence-electron chi connectivity index (χ2n) is 4.76. The maximum atomic E-state index is 14.0. The third-order valence-corrected chi connectivity index (χ3v) is 3.36. The van der Waals surface area contributed by atoms with E-state index in [1.807, 2.05) is 0 Å². The number of hydrogen-bond donors (Lipinski definition) is 2. The molecule has 18 heavy (non-hydrogen) atoms. The van der Waals surface area contributed by atoms with Crippen molar-refractivity contribution in [1.82, 2.24) is 10.2 Å². The maximum absolute atomic E-state index is 14.0. The molecule has 0 aliphatic carbocycles. The number of hydrogen-bond acceptors (Lipinski definition) is 3. The van der Waals surface area contributed by atoms with Crippen LogP contribution in [0.2, 0.25) is 0 Å². The highest BCUT2D eigenvalue weighted by Crippen LogP contribution is 2.32. The van der Waals surface area contributed by atoms with Crippen LogP contribution in [0.3, 0.4) is 0 Å². The van der Waals surface area contributed by atoms with Gasteiger partial charge in [-0.05, 0) is 13.0 Å². The standard InChI is InChI=1S/C12H15F2N3O/c1-12(5-9(18)17(2)6-16-12)7-3-4-8(13)11(15)10(7)14/h3-4,16H,5-6,15H2,1-2H3/t12-/m0/s1. The molecule has 0 spiro atoms. The Morgan fingerprint density at radius 1 is 1.44 bits per heavy atom. The highest BCUT2D eigenvalue weighted by atomic mass is 19.1. The predicted octanol–water partition coefficient (Wildman–Crippen LogP) is 1.17. The van der Waals surface area contributed by atoms with Gasteiger partial charge in [-0.3, -0.25) is 10.1 Å². The summed E-state index contributed by atoms with van der Waals surface area (Å²) in [4.78, 5) is 13.2. The first-order valence-corrected chi connectivity index (χ1v) is 5.58. The van der Waals surface area contributed by atoms with Crippen molar-refractivity contribution in [2.45, 2.75) is 18.9 Å². The second kappa shape index (κ2) is 4.20. The van der Waals surface area contributed by atoms with E-state index in [9.17, 15) is 13.6 Å². The summed E-state index contributed by atoms with van der Waals surface area (Å²) in [5.41, 5.74) is 4.17. The number of nitrogens with one attached hydrogen (secondary N) is 1. The average molecular weight is 255 g/mol. The lowest BCUT2D eigenvalue weighted by atomic mass is 9.86. The third kappa shape index (κ3) is 1.92. The number of amides is 1. The van der Waals surface area contributed by atoms with Gasteiger partial charge in [0.2, 0.25) is 5.91 Å². The molecule has 3 N–H and O–H groups in total. The van der Waals surface area contributed by atoms with Crippen LogP contribution in [0.4, 0.5) is 14.5 Å². The lowest BCUT2D eigenvalue weighted by molar-refractivity contribution is -0.135. The average Bonchev–Trinajstić information content (AvgIpc) is 2.31. The van der Waals surface area contributed by atoms with Crippen LogP contribution in [0.1, 0.15) is 18.9 Å². The van der Waals surface area contributed by atoms with E-state index >= 15 is 0 Å². The van der Waals surface area contributed by atoms with Gasteiger partial charge in [-0.15, -0.1) is 0 Å². The van der Waals surface area contributed by atoms with E-state index < -0.39 is 22.9 Å². The molecule has 1 heterocycles. The van der Waals surface area contributed by atoms with E-state index in [0.717, 1.165) is 6.07 Å². The van der Waals surface area contributed by atoms with Crippen molar-refractivity contribution in [2.24, 2.45) is 0 Å². The smallest absolute Gasteiger partial charge is 0.225 e. The summed E-state index contributed by atoms with van der Waals surface area (Å²) in [5, 5.41) is 3.07. The Kier molecular flexibility index (Phi) is 2.98. The first kappa shape index (κ1) is 12.8. The van der Waals surface area contributed by atoms with Crippen molar-refractivity contribution < 1.29 is 13.6 Å². The zero-order valence-electron chi connectivity index (χ0n) is 10.3. The van der Waals surface area contributed by atoms with Crippen LogP contribution in [0, 0.1) is 11.6 Å². The Morgan fingerprint density at radius 3 is 2.72 bits per heavy atom. The molecule has 0 bridgehead atoms. The molecule has 6 heteroatoms. The van der Waals surface area contributed by atoms with E-state index in [0.29, 0.717) is 6.67 Å². The van der Waals surface area contributed by atoms with Crippen LogP contribution in [0.25, 0.3) is 0 Å². The first-order chi connectivity index (χ1) is 8.35. The van der Waals surface area contributed by atoms with Crippen LogP contribution in [-0.2, 0) is 10.3 Å². The predicted molar refractivity (Wildman–Crippen MR) is 63.5 cm³/mol. The molecule has 2 rings (SSSR count). The Morgan fingerprint density at radius 2 is 2.11 bits per heavy atom. The number of carbonyl (C=O) groups is 1. The minimum absolute atomic E-state index is 0.0986. The van der Waals surface area contributed by atoms with E-state index in [1.165, 1.54) is 11.0 Å². The number of anilines is 1. The van der Waals surface area contributed by atoms with Gasteiger partial charge in [0.05, 0.1) is 12.2 Å². The van der Waals surface area contributed by atoms with Crippen molar-refractivity contribution in [3.8, 4) is 0 Å². The summed E-state index contributed by atoms with van der Waals surface area (Å²) in [7, 11) is 1.66. The first-order valence-electron chi connectivity index (χ1n) is 5.58. The van der Waals surface area contributed by atoms with Gasteiger partial charge >= 0.3 is 0 Å². The molecule has 0 unspecified atom stereocenters. The van der Waals surface area contributed by atoms with Gasteiger partial charge in [0, 0.05) is 19.0 Å². The van der Waals surface area contributed by atoms with Crippen LogP contribution in [0.15, 0.2) is 12.1 Å². The molecule has 1 fully saturated rings. The van der Waals surface area contributed by atoms with Gasteiger partial charge in [0.1, 0.15) is 11.5 Å². The quantitative estimate of drug-likeness (QED) is 0.741. The number of carbonyl (C=O) groups excluding carboxylic acids is 1. The van der Waals surface area contributed by atoms with Crippen molar-refractivity contribution in [2.75, 3.05) is 19.5 Å². The fourth-order valence-electron chi connectivity index (χ4n) is 2.07. The van der Waals surface area contributed by atoms with Gasteiger partial charge in [-0.1, -0.05) is 6.07 Å². The number of nitrogens with two attached hydrogens (primary N) is 1. The second-order valence-corrected chi connectivity index (χ2v) is 4.76. The SMILES string of the molecule is CN1CN[C@](C)(c2ccc(F)c(N)c2F)CC1=O. The molecule has 0 aromatic heterocycles. The summed E-state index contributed by atoms with van der Waals surface area (Å²) in [6.07, 6.45) is 0.103. The molecule has 1 aromatic rings. The van der Waals surface area contributed by atoms with Gasteiger partial charge in [0.25, 0.3) is 0 Å². The highest BCUT2D eigenvalue weighted by Gasteiger charge is 2.37. The molecule has 1 amide bonds. The Balaban J connectivity index is 2.42. The van der Waals surface area contributed by atoms with Crippen LogP contribution in [0.5, 0.6) is 0 Å². The minimum Gasteiger partial charge on any atom is -0.394 e. The van der Waals surface area contributed by atoms with E-state index in [4.69, 9.17) is 5.73 Å². The molecule has 1 aliphatic heterocycles. The number of nitrogen functional groups attached to an aromatic ring is 1. The van der Waals surface area contributed by atoms with E-state index in [-0.39, 0.29) is 17.9 Å². The van der Waals surface area contributed by atoms with Gasteiger partial charge in [-0.2, -0.15) is 0 Å². The number of halogens is 2. The summed E-state index contributed by atoms with van der Waals surface area (Å²) < 4.78 is 27.1. The third-order valence-electron chi connectivity index (χ3n) is 3.36. The zero-order valence-corrected chi connectivity index (χ0v) is 10.3. The Hall–Kier alpha value is -1.69. The summed E-state index contributed by atoms with van der Waals surface area (Å²) in [6, 6.07) is 2.44. The molecule has 98 valence electrons. The summed E-state index contributed by atoms with van der Waals surface area (Å²) >= 11 is 0. The van der Waals surface area contributed by atoms with Crippen molar-refractivity contribution in [3.63, 3.8) is 0 Å². The molecule has 4 nitrogen and oxygen atoms in total. The molecule has 0 saturated carbocycles. The van der Waals surface area contributed by atoms with Gasteiger partial charge in [0.15, 0.2) is 5.82 Å². The lowest BCUT2D eigenvalue weighted by Gasteiger charge is -2.39.